The average Bonchev–Trinajstić information content (AvgIpc) is 3.08. The van der Waals surface area contributed by atoms with E-state index in [1.807, 2.05) is 26.0 Å². The maximum absolute atomic E-state index is 13.2. The van der Waals surface area contributed by atoms with Gasteiger partial charge >= 0.3 is 0 Å². The van der Waals surface area contributed by atoms with Crippen LogP contribution in [-0.4, -0.2) is 37.6 Å². The lowest BCUT2D eigenvalue weighted by Crippen LogP contribution is -2.34. The molecule has 0 bridgehead atoms. The zero-order valence-electron chi connectivity index (χ0n) is 17.7. The van der Waals surface area contributed by atoms with Crippen molar-refractivity contribution >= 4 is 17.9 Å². The van der Waals surface area contributed by atoms with Crippen LogP contribution in [0.5, 0.6) is 11.5 Å². The Morgan fingerprint density at radius 1 is 1.23 bits per heavy atom. The summed E-state index contributed by atoms with van der Waals surface area (Å²) >= 11 is 0. The van der Waals surface area contributed by atoms with E-state index in [-0.39, 0.29) is 43.2 Å². The molecule has 31 heavy (non-hydrogen) atoms. The van der Waals surface area contributed by atoms with E-state index in [9.17, 15) is 14.0 Å². The minimum Gasteiger partial charge on any atom is -0.493 e. The van der Waals surface area contributed by atoms with Gasteiger partial charge in [-0.2, -0.15) is 0 Å². The number of ether oxygens (including phenoxy) is 2. The Balaban J connectivity index is 1.46. The van der Waals surface area contributed by atoms with Crippen molar-refractivity contribution in [2.45, 2.75) is 32.8 Å². The number of fused-ring (bicyclic) bond motifs is 1. The molecule has 2 aromatic rings. The number of rotatable bonds is 9. The Labute approximate surface area is 181 Å². The minimum absolute atomic E-state index is 0.0881. The summed E-state index contributed by atoms with van der Waals surface area (Å²) in [6, 6.07) is 9.77. The molecule has 0 saturated heterocycles. The molecule has 2 aromatic carbocycles. The van der Waals surface area contributed by atoms with Gasteiger partial charge in [-0.15, -0.1) is 0 Å². The molecule has 6 nitrogen and oxygen atoms in total. The molecule has 0 fully saturated rings. The van der Waals surface area contributed by atoms with Crippen LogP contribution in [0.2, 0.25) is 0 Å². The van der Waals surface area contributed by atoms with Gasteiger partial charge in [0.15, 0.2) is 0 Å². The number of halogens is 1. The molecule has 1 aliphatic heterocycles. The Hall–Kier alpha value is -3.35. The van der Waals surface area contributed by atoms with Crippen molar-refractivity contribution in [3.05, 3.63) is 65.0 Å². The van der Waals surface area contributed by atoms with Crippen LogP contribution in [0.4, 0.5) is 4.39 Å². The monoisotopic (exact) mass is 426 g/mol. The smallest absolute Gasteiger partial charge is 0.244 e. The van der Waals surface area contributed by atoms with Crippen LogP contribution in [-0.2, 0) is 22.4 Å². The van der Waals surface area contributed by atoms with Crippen LogP contribution < -0.4 is 20.1 Å². The second kappa shape index (κ2) is 10.6. The zero-order chi connectivity index (χ0) is 22.2. The number of hydrogen-bond donors (Lipinski definition) is 2. The van der Waals surface area contributed by atoms with Crippen molar-refractivity contribution in [1.29, 1.82) is 0 Å². The van der Waals surface area contributed by atoms with E-state index in [1.165, 1.54) is 18.2 Å². The Morgan fingerprint density at radius 2 is 2.03 bits per heavy atom. The summed E-state index contributed by atoms with van der Waals surface area (Å²) in [6.07, 6.45) is 4.17. The minimum atomic E-state index is -0.374. The molecule has 1 heterocycles. The lowest BCUT2D eigenvalue weighted by Gasteiger charge is -2.10. The lowest BCUT2D eigenvalue weighted by atomic mass is 10.1. The highest BCUT2D eigenvalue weighted by Crippen LogP contribution is 2.35. The van der Waals surface area contributed by atoms with Crippen molar-refractivity contribution in [2.24, 2.45) is 0 Å². The summed E-state index contributed by atoms with van der Waals surface area (Å²) in [5.74, 6) is 0.645. The van der Waals surface area contributed by atoms with Crippen molar-refractivity contribution in [1.82, 2.24) is 10.6 Å². The number of nitrogens with one attached hydrogen (secondary N) is 2. The second-order valence-electron chi connectivity index (χ2n) is 7.34. The van der Waals surface area contributed by atoms with Crippen molar-refractivity contribution in [3.63, 3.8) is 0 Å². The quantitative estimate of drug-likeness (QED) is 0.477. The van der Waals surface area contributed by atoms with Crippen molar-refractivity contribution in [3.8, 4) is 11.5 Å². The van der Waals surface area contributed by atoms with E-state index < -0.39 is 0 Å². The van der Waals surface area contributed by atoms with Gasteiger partial charge in [-0.05, 0) is 49.8 Å². The Morgan fingerprint density at radius 3 is 2.81 bits per heavy atom. The van der Waals surface area contributed by atoms with Crippen LogP contribution >= 0.6 is 0 Å². The molecule has 2 N–H and O–H groups in total. The highest BCUT2D eigenvalue weighted by Gasteiger charge is 2.21. The lowest BCUT2D eigenvalue weighted by molar-refractivity contribution is -0.121. The maximum atomic E-state index is 13.2. The van der Waals surface area contributed by atoms with Crippen molar-refractivity contribution < 1.29 is 23.5 Å². The summed E-state index contributed by atoms with van der Waals surface area (Å²) in [5, 5.41) is 5.42. The van der Waals surface area contributed by atoms with Crippen LogP contribution in [0.25, 0.3) is 6.08 Å². The third kappa shape index (κ3) is 6.57. The van der Waals surface area contributed by atoms with Gasteiger partial charge in [0.1, 0.15) is 23.4 Å². The van der Waals surface area contributed by atoms with Crippen LogP contribution in [0.1, 0.15) is 30.5 Å². The number of hydrogen-bond acceptors (Lipinski definition) is 4. The van der Waals surface area contributed by atoms with Gasteiger partial charge in [0.25, 0.3) is 0 Å². The van der Waals surface area contributed by atoms with Gasteiger partial charge < -0.3 is 20.1 Å². The third-order valence-electron chi connectivity index (χ3n) is 4.74. The largest absolute Gasteiger partial charge is 0.493 e. The van der Waals surface area contributed by atoms with Crippen LogP contribution in [0.15, 0.2) is 42.5 Å². The van der Waals surface area contributed by atoms with E-state index in [1.54, 1.807) is 18.2 Å². The SMILES string of the molecule is CCOc1cc2c(cc1/C=C/C(=O)NCCNC(=O)Cc1cccc(F)c1)OC(C)C2. The molecule has 0 spiro atoms. The van der Waals surface area contributed by atoms with Gasteiger partial charge in [0.2, 0.25) is 11.8 Å². The fourth-order valence-corrected chi connectivity index (χ4v) is 3.37. The second-order valence-corrected chi connectivity index (χ2v) is 7.34. The predicted molar refractivity (Wildman–Crippen MR) is 117 cm³/mol. The molecule has 0 radical (unpaired) electrons. The molecule has 0 aromatic heterocycles. The molecule has 1 unspecified atom stereocenters. The van der Waals surface area contributed by atoms with Gasteiger partial charge in [-0.3, -0.25) is 9.59 Å². The molecule has 1 atom stereocenters. The summed E-state index contributed by atoms with van der Waals surface area (Å²) in [5.41, 5.74) is 2.47. The third-order valence-corrected chi connectivity index (χ3v) is 4.74. The van der Waals surface area contributed by atoms with E-state index in [2.05, 4.69) is 10.6 Å². The Bertz CT molecular complexity index is 974. The number of amides is 2. The van der Waals surface area contributed by atoms with E-state index in [0.29, 0.717) is 17.9 Å². The molecule has 1 aliphatic rings. The highest BCUT2D eigenvalue weighted by molar-refractivity contribution is 5.92. The van der Waals surface area contributed by atoms with E-state index in [0.717, 1.165) is 23.3 Å². The summed E-state index contributed by atoms with van der Waals surface area (Å²) in [6.45, 7) is 5.01. The standard InChI is InChI=1S/C24H27FN2O4/c1-3-30-21-15-19-11-16(2)31-22(19)14-18(21)7-8-23(28)26-9-10-27-24(29)13-17-5-4-6-20(25)12-17/h4-8,12,14-16H,3,9-11,13H2,1-2H3,(H,26,28)(H,27,29)/b8-7+. The van der Waals surface area contributed by atoms with E-state index in [4.69, 9.17) is 9.47 Å². The topological polar surface area (TPSA) is 76.7 Å². The molecule has 0 saturated carbocycles. The van der Waals surface area contributed by atoms with Crippen LogP contribution in [0.3, 0.4) is 0 Å². The highest BCUT2D eigenvalue weighted by atomic mass is 19.1. The zero-order valence-corrected chi connectivity index (χ0v) is 17.7. The number of carbonyl (C=O) groups is 2. The summed E-state index contributed by atoms with van der Waals surface area (Å²) in [4.78, 5) is 24.0. The van der Waals surface area contributed by atoms with Crippen LogP contribution in [0, 0.1) is 5.82 Å². The number of carbonyl (C=O) groups excluding carboxylic acids is 2. The first kappa shape index (κ1) is 22.3. The molecule has 164 valence electrons. The van der Waals surface area contributed by atoms with Gasteiger partial charge in [0.05, 0.1) is 13.0 Å². The first-order valence-corrected chi connectivity index (χ1v) is 10.4. The summed E-state index contributed by atoms with van der Waals surface area (Å²) in [7, 11) is 0. The molecule has 7 heteroatoms. The first-order valence-electron chi connectivity index (χ1n) is 10.4. The molecular formula is C24H27FN2O4. The summed E-state index contributed by atoms with van der Waals surface area (Å²) < 4.78 is 24.6. The fraction of sp³-hybridized carbons (Fsp3) is 0.333. The van der Waals surface area contributed by atoms with Gasteiger partial charge in [-0.25, -0.2) is 4.39 Å². The van der Waals surface area contributed by atoms with Gasteiger partial charge in [-0.1, -0.05) is 12.1 Å². The molecule has 0 aliphatic carbocycles. The first-order chi connectivity index (χ1) is 14.9. The number of benzene rings is 2. The maximum Gasteiger partial charge on any atom is 0.244 e. The van der Waals surface area contributed by atoms with Gasteiger partial charge in [0, 0.05) is 36.7 Å². The van der Waals surface area contributed by atoms with E-state index >= 15 is 0 Å². The average molecular weight is 426 g/mol. The normalized spacial score (nSPS) is 14.7. The van der Waals surface area contributed by atoms with Crippen molar-refractivity contribution in [2.75, 3.05) is 19.7 Å². The fourth-order valence-electron chi connectivity index (χ4n) is 3.37. The Kier molecular flexibility index (Phi) is 7.65. The molecule has 3 rings (SSSR count). The molecular weight excluding hydrogens is 399 g/mol. The molecule has 2 amide bonds. The predicted octanol–water partition coefficient (Wildman–Crippen LogP) is 3.04.